The molecule has 1 fully saturated rings. The molecule has 0 unspecified atom stereocenters. The summed E-state index contributed by atoms with van der Waals surface area (Å²) in [5, 5.41) is 11.9. The molecule has 2 N–H and O–H groups in total. The average molecular weight is 252 g/mol. The van der Waals surface area contributed by atoms with E-state index in [1.165, 1.54) is 0 Å². The highest BCUT2D eigenvalue weighted by Gasteiger charge is 2.37. The highest BCUT2D eigenvalue weighted by Crippen LogP contribution is 2.30. The molecule has 2 amide bonds. The van der Waals surface area contributed by atoms with Crippen molar-refractivity contribution in [3.63, 3.8) is 0 Å². The van der Waals surface area contributed by atoms with Crippen LogP contribution in [0.2, 0.25) is 0 Å². The number of aliphatic carboxylic acids is 1. The molecule has 1 saturated heterocycles. The zero-order valence-electron chi connectivity index (χ0n) is 10.7. The molecule has 0 spiro atoms. The maximum Gasteiger partial charge on any atom is 0.317 e. The highest BCUT2D eigenvalue weighted by atomic mass is 16.4. The number of nitrogens with one attached hydrogen (secondary N) is 1. The van der Waals surface area contributed by atoms with Crippen molar-refractivity contribution >= 4 is 12.0 Å². The lowest BCUT2D eigenvalue weighted by Crippen LogP contribution is -2.48. The van der Waals surface area contributed by atoms with Crippen LogP contribution >= 0.6 is 0 Å². The second-order valence-electron chi connectivity index (χ2n) is 4.89. The second kappa shape index (κ2) is 6.29. The summed E-state index contributed by atoms with van der Waals surface area (Å²) in [5.74, 6) is 1.73. The molecule has 0 aromatic heterocycles. The van der Waals surface area contributed by atoms with E-state index in [9.17, 15) is 9.59 Å². The van der Waals surface area contributed by atoms with Gasteiger partial charge in [0.25, 0.3) is 0 Å². The summed E-state index contributed by atoms with van der Waals surface area (Å²) in [5.41, 5.74) is -0.694. The van der Waals surface area contributed by atoms with Gasteiger partial charge in [0.15, 0.2) is 0 Å². The Morgan fingerprint density at radius 1 is 1.44 bits per heavy atom. The highest BCUT2D eigenvalue weighted by molar-refractivity contribution is 5.76. The summed E-state index contributed by atoms with van der Waals surface area (Å²) in [4.78, 5) is 24.5. The van der Waals surface area contributed by atoms with Crippen LogP contribution in [0.1, 0.15) is 32.6 Å². The number of carboxylic acid groups (broad SMARTS) is 1. The van der Waals surface area contributed by atoms with Gasteiger partial charge in [0.1, 0.15) is 0 Å². The molecule has 0 bridgehead atoms. The van der Waals surface area contributed by atoms with Gasteiger partial charge < -0.3 is 15.3 Å². The molecule has 18 heavy (non-hydrogen) atoms. The summed E-state index contributed by atoms with van der Waals surface area (Å²) < 4.78 is 0. The molecule has 0 aromatic rings. The number of carbonyl (C=O) groups is 2. The van der Waals surface area contributed by atoms with E-state index in [4.69, 9.17) is 11.5 Å². The third kappa shape index (κ3) is 3.66. The molecule has 1 aliphatic rings. The fraction of sp³-hybridized carbons (Fsp3) is 0.692. The van der Waals surface area contributed by atoms with Gasteiger partial charge in [-0.25, -0.2) is 4.79 Å². The van der Waals surface area contributed by atoms with Gasteiger partial charge in [0.05, 0.1) is 5.41 Å². The van der Waals surface area contributed by atoms with Crippen LogP contribution in [0, 0.1) is 17.8 Å². The maximum absolute atomic E-state index is 11.8. The van der Waals surface area contributed by atoms with Crippen molar-refractivity contribution in [1.82, 2.24) is 10.2 Å². The van der Waals surface area contributed by atoms with E-state index in [1.54, 1.807) is 11.8 Å². The van der Waals surface area contributed by atoms with Crippen molar-refractivity contribution in [3.8, 4) is 12.3 Å². The van der Waals surface area contributed by atoms with Crippen molar-refractivity contribution in [3.05, 3.63) is 0 Å². The van der Waals surface area contributed by atoms with Crippen molar-refractivity contribution in [2.75, 3.05) is 19.6 Å². The molecule has 5 heteroatoms. The molecular weight excluding hydrogens is 232 g/mol. The predicted molar refractivity (Wildman–Crippen MR) is 68.0 cm³/mol. The Hall–Kier alpha value is -1.70. The summed E-state index contributed by atoms with van der Waals surface area (Å²) in [7, 11) is 0. The van der Waals surface area contributed by atoms with E-state index >= 15 is 0 Å². The second-order valence-corrected chi connectivity index (χ2v) is 4.89. The fourth-order valence-electron chi connectivity index (χ4n) is 1.91. The minimum atomic E-state index is -0.781. The Labute approximate surface area is 108 Å². The summed E-state index contributed by atoms with van der Waals surface area (Å²) in [6.45, 7) is 3.28. The Morgan fingerprint density at radius 3 is 2.56 bits per heavy atom. The number of carbonyl (C=O) groups excluding carboxylic acids is 1. The van der Waals surface area contributed by atoms with E-state index in [2.05, 4.69) is 11.2 Å². The van der Waals surface area contributed by atoms with Gasteiger partial charge in [-0.1, -0.05) is 0 Å². The largest absolute Gasteiger partial charge is 0.481 e. The Kier molecular flexibility index (Phi) is 5.02. The third-order valence-corrected chi connectivity index (χ3v) is 3.44. The van der Waals surface area contributed by atoms with Crippen LogP contribution in [0.4, 0.5) is 4.79 Å². The number of hydrogen-bond donors (Lipinski definition) is 2. The number of piperidine rings is 1. The molecule has 0 aromatic carbocycles. The SMILES string of the molecule is C#CCCCNC(=O)N1CCC(C)(C(=O)O)CC1. The molecule has 1 rings (SSSR count). The van der Waals surface area contributed by atoms with Crippen molar-refractivity contribution in [2.45, 2.75) is 32.6 Å². The Balaban J connectivity index is 2.32. The smallest absolute Gasteiger partial charge is 0.317 e. The molecule has 1 heterocycles. The lowest BCUT2D eigenvalue weighted by molar-refractivity contribution is -0.150. The number of hydrogen-bond acceptors (Lipinski definition) is 2. The van der Waals surface area contributed by atoms with Gasteiger partial charge >= 0.3 is 12.0 Å². The van der Waals surface area contributed by atoms with Gasteiger partial charge in [0.2, 0.25) is 0 Å². The molecular formula is C13H20N2O3. The Morgan fingerprint density at radius 2 is 2.06 bits per heavy atom. The minimum absolute atomic E-state index is 0.125. The zero-order chi connectivity index (χ0) is 13.6. The number of urea groups is 1. The average Bonchev–Trinajstić information content (AvgIpc) is 2.35. The standard InChI is InChI=1S/C13H20N2O3/c1-3-4-5-8-14-12(18)15-9-6-13(2,7-10-15)11(16)17/h1H,4-10H2,2H3,(H,14,18)(H,16,17). The number of terminal acetylenes is 1. The molecule has 0 aliphatic carbocycles. The molecule has 0 atom stereocenters. The monoisotopic (exact) mass is 252 g/mol. The van der Waals surface area contributed by atoms with E-state index in [0.717, 1.165) is 6.42 Å². The zero-order valence-corrected chi connectivity index (χ0v) is 10.7. The molecule has 1 aliphatic heterocycles. The molecule has 0 radical (unpaired) electrons. The van der Waals surface area contributed by atoms with Crippen LogP contribution < -0.4 is 5.32 Å². The number of unbranched alkanes of at least 4 members (excludes halogenated alkanes) is 1. The van der Waals surface area contributed by atoms with Crippen molar-refractivity contribution in [1.29, 1.82) is 0 Å². The van der Waals surface area contributed by atoms with Gasteiger partial charge in [0, 0.05) is 26.1 Å². The number of amides is 2. The number of rotatable bonds is 4. The normalized spacial score (nSPS) is 17.9. The number of likely N-dealkylation sites (tertiary alicyclic amines) is 1. The number of nitrogens with zero attached hydrogens (tertiary/aromatic N) is 1. The van der Waals surface area contributed by atoms with Crippen LogP contribution in [-0.2, 0) is 4.79 Å². The Bertz CT molecular complexity index is 352. The van der Waals surface area contributed by atoms with Crippen molar-refractivity contribution < 1.29 is 14.7 Å². The quantitative estimate of drug-likeness (QED) is 0.585. The van der Waals surface area contributed by atoms with Gasteiger partial charge in [-0.3, -0.25) is 4.79 Å². The van der Waals surface area contributed by atoms with Crippen LogP contribution in [0.25, 0.3) is 0 Å². The topological polar surface area (TPSA) is 69.6 Å². The molecule has 0 saturated carbocycles. The summed E-state index contributed by atoms with van der Waals surface area (Å²) in [6, 6.07) is -0.125. The summed E-state index contributed by atoms with van der Waals surface area (Å²) in [6.07, 6.45) is 7.53. The lowest BCUT2D eigenvalue weighted by atomic mass is 9.80. The fourth-order valence-corrected chi connectivity index (χ4v) is 1.91. The first-order valence-electron chi connectivity index (χ1n) is 6.19. The van der Waals surface area contributed by atoms with E-state index in [0.29, 0.717) is 38.9 Å². The minimum Gasteiger partial charge on any atom is -0.481 e. The van der Waals surface area contributed by atoms with Crippen molar-refractivity contribution in [2.24, 2.45) is 5.41 Å². The third-order valence-electron chi connectivity index (χ3n) is 3.44. The maximum atomic E-state index is 11.8. The van der Waals surface area contributed by atoms with E-state index in [-0.39, 0.29) is 6.03 Å². The van der Waals surface area contributed by atoms with E-state index in [1.807, 2.05) is 0 Å². The molecule has 100 valence electrons. The number of carboxylic acids is 1. The van der Waals surface area contributed by atoms with E-state index < -0.39 is 11.4 Å². The van der Waals surface area contributed by atoms with Gasteiger partial charge in [-0.2, -0.15) is 0 Å². The van der Waals surface area contributed by atoms with Crippen LogP contribution in [0.5, 0.6) is 0 Å². The van der Waals surface area contributed by atoms with Crippen LogP contribution in [0.3, 0.4) is 0 Å². The molecule has 5 nitrogen and oxygen atoms in total. The van der Waals surface area contributed by atoms with Gasteiger partial charge in [-0.05, 0) is 26.2 Å². The first-order chi connectivity index (χ1) is 8.49. The van der Waals surface area contributed by atoms with Crippen LogP contribution in [-0.4, -0.2) is 41.6 Å². The first kappa shape index (κ1) is 14.4. The summed E-state index contributed by atoms with van der Waals surface area (Å²) >= 11 is 0. The van der Waals surface area contributed by atoms with Gasteiger partial charge in [-0.15, -0.1) is 12.3 Å². The lowest BCUT2D eigenvalue weighted by Gasteiger charge is -2.36. The predicted octanol–water partition coefficient (Wildman–Crippen LogP) is 1.30. The first-order valence-corrected chi connectivity index (χ1v) is 6.19. The van der Waals surface area contributed by atoms with Crippen LogP contribution in [0.15, 0.2) is 0 Å².